The Kier molecular flexibility index (Phi) is 6.23. The lowest BCUT2D eigenvalue weighted by molar-refractivity contribution is -0.121. The molecule has 1 amide bonds. The quantitative estimate of drug-likeness (QED) is 0.486. The van der Waals surface area contributed by atoms with Crippen molar-refractivity contribution in [3.63, 3.8) is 0 Å². The summed E-state index contributed by atoms with van der Waals surface area (Å²) in [4.78, 5) is 18.5. The van der Waals surface area contributed by atoms with Crippen LogP contribution in [0, 0.1) is 0 Å². The largest absolute Gasteiger partial charge is 0.493 e. The molecule has 0 radical (unpaired) electrons. The molecule has 0 fully saturated rings. The maximum Gasteiger partial charge on any atom is 0.265 e. The molecule has 11 heteroatoms. The number of amides is 1. The molecular weight excluding hydrogens is 450 g/mol. The Morgan fingerprint density at radius 2 is 1.94 bits per heavy atom. The highest BCUT2D eigenvalue weighted by molar-refractivity contribution is 7.91. The van der Waals surface area contributed by atoms with Crippen LogP contribution in [0.3, 0.4) is 0 Å². The summed E-state index contributed by atoms with van der Waals surface area (Å²) in [6.07, 6.45) is 0. The van der Waals surface area contributed by atoms with E-state index in [2.05, 4.69) is 10.1 Å². The molecule has 1 aromatic heterocycles. The van der Waals surface area contributed by atoms with Gasteiger partial charge in [-0.2, -0.15) is 4.98 Å². The van der Waals surface area contributed by atoms with Gasteiger partial charge < -0.3 is 18.7 Å². The number of hydrogen-bond acceptors (Lipinski definition) is 9. The van der Waals surface area contributed by atoms with Gasteiger partial charge in [0.1, 0.15) is 12.3 Å². The lowest BCUT2D eigenvalue weighted by atomic mass is 10.2. The third-order valence-corrected chi connectivity index (χ3v) is 6.83. The smallest absolute Gasteiger partial charge is 0.265 e. The average molecular weight is 474 g/mol. The van der Waals surface area contributed by atoms with E-state index < -0.39 is 9.84 Å². The summed E-state index contributed by atoms with van der Waals surface area (Å²) in [6, 6.07) is 9.71. The number of aromatic nitrogens is 2. The fourth-order valence-electron chi connectivity index (χ4n) is 3.37. The zero-order valence-corrected chi connectivity index (χ0v) is 19.2. The van der Waals surface area contributed by atoms with E-state index in [1.54, 1.807) is 31.2 Å². The van der Waals surface area contributed by atoms with Crippen LogP contribution < -0.4 is 19.1 Å². The van der Waals surface area contributed by atoms with Gasteiger partial charge in [0, 0.05) is 5.56 Å². The van der Waals surface area contributed by atoms with Crippen molar-refractivity contribution in [3.8, 4) is 28.6 Å². The number of nitrogens with zero attached hydrogens (tertiary/aromatic N) is 3. The standard InChI is InChI=1S/C22H23N3O7S/c1-4-30-18-8-6-14(10-19(18)29-3)22-23-20(32-24-22)12-25-16-11-15(33(27,28)5-2)7-9-17(16)31-13-21(25)26/h6-11H,4-5,12-13H2,1-3H3. The van der Waals surface area contributed by atoms with Gasteiger partial charge in [0.05, 0.1) is 30.1 Å². The van der Waals surface area contributed by atoms with Gasteiger partial charge in [-0.3, -0.25) is 9.69 Å². The minimum Gasteiger partial charge on any atom is -0.493 e. The van der Waals surface area contributed by atoms with E-state index in [0.29, 0.717) is 40.9 Å². The molecule has 0 unspecified atom stereocenters. The second-order valence-electron chi connectivity index (χ2n) is 7.11. The fourth-order valence-corrected chi connectivity index (χ4v) is 4.27. The topological polar surface area (TPSA) is 121 Å². The van der Waals surface area contributed by atoms with Crippen LogP contribution in [0.25, 0.3) is 11.4 Å². The molecule has 1 aliphatic heterocycles. The number of sulfone groups is 1. The monoisotopic (exact) mass is 473 g/mol. The highest BCUT2D eigenvalue weighted by atomic mass is 32.2. The van der Waals surface area contributed by atoms with Crippen molar-refractivity contribution < 1.29 is 31.9 Å². The molecule has 174 valence electrons. The minimum atomic E-state index is -3.46. The Hall–Kier alpha value is -3.60. The molecule has 0 saturated heterocycles. The molecule has 1 aliphatic rings. The summed E-state index contributed by atoms with van der Waals surface area (Å²) in [5, 5.41) is 4.01. The van der Waals surface area contributed by atoms with Crippen molar-refractivity contribution >= 4 is 21.4 Å². The first-order chi connectivity index (χ1) is 15.9. The second-order valence-corrected chi connectivity index (χ2v) is 9.39. The number of rotatable bonds is 8. The normalized spacial score (nSPS) is 13.4. The first kappa shape index (κ1) is 22.6. The third kappa shape index (κ3) is 4.49. The fraction of sp³-hybridized carbons (Fsp3) is 0.318. The number of benzene rings is 2. The molecule has 2 aromatic carbocycles. The lowest BCUT2D eigenvalue weighted by Gasteiger charge is -2.28. The van der Waals surface area contributed by atoms with Crippen molar-refractivity contribution in [2.45, 2.75) is 25.3 Å². The van der Waals surface area contributed by atoms with Gasteiger partial charge in [-0.25, -0.2) is 8.42 Å². The molecule has 0 saturated carbocycles. The Balaban J connectivity index is 1.63. The summed E-state index contributed by atoms with van der Waals surface area (Å²) in [5.41, 5.74) is 0.985. The van der Waals surface area contributed by atoms with E-state index in [4.69, 9.17) is 18.7 Å². The predicted octanol–water partition coefficient (Wildman–Crippen LogP) is 2.86. The van der Waals surface area contributed by atoms with Gasteiger partial charge in [0.15, 0.2) is 27.9 Å². The van der Waals surface area contributed by atoms with Crippen molar-refractivity contribution in [2.24, 2.45) is 0 Å². The first-order valence-corrected chi connectivity index (χ1v) is 11.9. The van der Waals surface area contributed by atoms with Crippen LogP contribution in [-0.4, -0.2) is 50.5 Å². The number of anilines is 1. The van der Waals surface area contributed by atoms with Crippen LogP contribution in [0.5, 0.6) is 17.2 Å². The van der Waals surface area contributed by atoms with Crippen LogP contribution in [0.1, 0.15) is 19.7 Å². The minimum absolute atomic E-state index is 0.0357. The second kappa shape index (κ2) is 9.10. The van der Waals surface area contributed by atoms with Crippen molar-refractivity contribution in [3.05, 3.63) is 42.3 Å². The number of carbonyl (C=O) groups excluding carboxylic acids is 1. The SMILES string of the molecule is CCOc1ccc(-c2noc(CN3C(=O)COc4ccc(S(=O)(=O)CC)cc43)n2)cc1OC. The molecule has 0 aliphatic carbocycles. The van der Waals surface area contributed by atoms with Crippen LogP contribution in [0.4, 0.5) is 5.69 Å². The highest BCUT2D eigenvalue weighted by Crippen LogP contribution is 2.36. The average Bonchev–Trinajstić information content (AvgIpc) is 3.29. The van der Waals surface area contributed by atoms with Crippen molar-refractivity contribution in [1.29, 1.82) is 0 Å². The van der Waals surface area contributed by atoms with Crippen LogP contribution >= 0.6 is 0 Å². The molecule has 0 spiro atoms. The van der Waals surface area contributed by atoms with Crippen LogP contribution in [-0.2, 0) is 21.2 Å². The number of hydrogen-bond donors (Lipinski definition) is 0. The summed E-state index contributed by atoms with van der Waals surface area (Å²) in [7, 11) is -1.92. The molecule has 0 bridgehead atoms. The van der Waals surface area contributed by atoms with Gasteiger partial charge in [-0.05, 0) is 43.3 Å². The van der Waals surface area contributed by atoms with Crippen molar-refractivity contribution in [1.82, 2.24) is 10.1 Å². The highest BCUT2D eigenvalue weighted by Gasteiger charge is 2.29. The Morgan fingerprint density at radius 1 is 1.12 bits per heavy atom. The Labute approximate surface area is 191 Å². The maximum absolute atomic E-state index is 12.6. The third-order valence-electron chi connectivity index (χ3n) is 5.10. The number of carbonyl (C=O) groups is 1. The lowest BCUT2D eigenvalue weighted by Crippen LogP contribution is -2.38. The van der Waals surface area contributed by atoms with E-state index in [1.807, 2.05) is 6.92 Å². The van der Waals surface area contributed by atoms with Gasteiger partial charge in [0.2, 0.25) is 11.7 Å². The Bertz CT molecular complexity index is 1290. The van der Waals surface area contributed by atoms with Crippen molar-refractivity contribution in [2.75, 3.05) is 31.0 Å². The van der Waals surface area contributed by atoms with Gasteiger partial charge in [-0.1, -0.05) is 12.1 Å². The molecule has 10 nitrogen and oxygen atoms in total. The maximum atomic E-state index is 12.6. The molecular formula is C22H23N3O7S. The van der Waals surface area contributed by atoms with E-state index in [9.17, 15) is 13.2 Å². The molecule has 0 N–H and O–H groups in total. The van der Waals surface area contributed by atoms with E-state index >= 15 is 0 Å². The molecule has 4 rings (SSSR count). The molecule has 3 aromatic rings. The van der Waals surface area contributed by atoms with Crippen LogP contribution in [0.2, 0.25) is 0 Å². The van der Waals surface area contributed by atoms with E-state index in [-0.39, 0.29) is 35.6 Å². The van der Waals surface area contributed by atoms with E-state index in [0.717, 1.165) is 0 Å². The van der Waals surface area contributed by atoms with Gasteiger partial charge >= 0.3 is 0 Å². The van der Waals surface area contributed by atoms with Gasteiger partial charge in [0.25, 0.3) is 5.91 Å². The molecule has 33 heavy (non-hydrogen) atoms. The van der Waals surface area contributed by atoms with Crippen LogP contribution in [0.15, 0.2) is 45.8 Å². The summed E-state index contributed by atoms with van der Waals surface area (Å²) in [6.45, 7) is 3.73. The summed E-state index contributed by atoms with van der Waals surface area (Å²) >= 11 is 0. The zero-order valence-electron chi connectivity index (χ0n) is 18.4. The Morgan fingerprint density at radius 3 is 2.67 bits per heavy atom. The number of fused-ring (bicyclic) bond motifs is 1. The summed E-state index contributed by atoms with van der Waals surface area (Å²) < 4.78 is 46.3. The summed E-state index contributed by atoms with van der Waals surface area (Å²) in [5.74, 6) is 1.62. The van der Waals surface area contributed by atoms with Gasteiger partial charge in [-0.15, -0.1) is 0 Å². The number of ether oxygens (including phenoxy) is 3. The first-order valence-electron chi connectivity index (χ1n) is 10.3. The number of methoxy groups -OCH3 is 1. The molecule has 2 heterocycles. The van der Waals surface area contributed by atoms with E-state index in [1.165, 1.54) is 24.1 Å². The zero-order chi connectivity index (χ0) is 23.6. The molecule has 0 atom stereocenters. The predicted molar refractivity (Wildman–Crippen MR) is 118 cm³/mol.